The van der Waals surface area contributed by atoms with Crippen LogP contribution in [0.25, 0.3) is 0 Å². The van der Waals surface area contributed by atoms with Gasteiger partial charge in [-0.3, -0.25) is 9.59 Å². The average molecular weight is 315 g/mol. The minimum Gasteiger partial charge on any atom is -0.490 e. The molecule has 0 spiro atoms. The maximum Gasteiger partial charge on any atom is 0.329 e. The Bertz CT molecular complexity index is 575. The van der Waals surface area contributed by atoms with Crippen molar-refractivity contribution in [2.75, 3.05) is 19.7 Å². The van der Waals surface area contributed by atoms with Crippen LogP contribution in [-0.2, 0) is 9.59 Å². The third-order valence-corrected chi connectivity index (χ3v) is 3.47. The highest BCUT2D eigenvalue weighted by Crippen LogP contribution is 2.11. The summed E-state index contributed by atoms with van der Waals surface area (Å²) in [6.45, 7) is 5.31. The lowest BCUT2D eigenvalue weighted by Gasteiger charge is -2.25. The molecule has 1 aliphatic rings. The second kappa shape index (κ2) is 8.73. The summed E-state index contributed by atoms with van der Waals surface area (Å²) in [5.74, 6) is -0.490. The SMILES string of the molecule is C=CCOc1ccc(/C=N\NC(=O)C(=O)N2CCCCC2)cc1. The van der Waals surface area contributed by atoms with Crippen LogP contribution in [0.3, 0.4) is 0 Å². The van der Waals surface area contributed by atoms with E-state index in [1.54, 1.807) is 35.2 Å². The highest BCUT2D eigenvalue weighted by Gasteiger charge is 2.22. The quantitative estimate of drug-likeness (QED) is 0.389. The van der Waals surface area contributed by atoms with Gasteiger partial charge < -0.3 is 9.64 Å². The lowest BCUT2D eigenvalue weighted by atomic mass is 10.1. The van der Waals surface area contributed by atoms with E-state index in [1.807, 2.05) is 0 Å². The highest BCUT2D eigenvalue weighted by molar-refractivity contribution is 6.35. The second-order valence-electron chi connectivity index (χ2n) is 5.22. The summed E-state index contributed by atoms with van der Waals surface area (Å²) in [7, 11) is 0. The Morgan fingerprint density at radius 2 is 1.91 bits per heavy atom. The number of benzene rings is 1. The number of hydrazone groups is 1. The molecule has 0 aliphatic carbocycles. The fourth-order valence-corrected chi connectivity index (χ4v) is 2.26. The second-order valence-corrected chi connectivity index (χ2v) is 5.22. The van der Waals surface area contributed by atoms with Crippen molar-refractivity contribution in [2.45, 2.75) is 19.3 Å². The highest BCUT2D eigenvalue weighted by atomic mass is 16.5. The van der Waals surface area contributed by atoms with Crippen LogP contribution < -0.4 is 10.2 Å². The van der Waals surface area contributed by atoms with Crippen LogP contribution in [-0.4, -0.2) is 42.6 Å². The van der Waals surface area contributed by atoms with Gasteiger partial charge in [-0.2, -0.15) is 5.10 Å². The number of rotatable bonds is 5. The van der Waals surface area contributed by atoms with E-state index in [9.17, 15) is 9.59 Å². The first-order valence-corrected chi connectivity index (χ1v) is 7.67. The van der Waals surface area contributed by atoms with Gasteiger partial charge in [0.05, 0.1) is 6.21 Å². The molecular formula is C17H21N3O3. The minimum atomic E-state index is -0.700. The Labute approximate surface area is 135 Å². The number of nitrogens with one attached hydrogen (secondary N) is 1. The van der Waals surface area contributed by atoms with Gasteiger partial charge in [0.15, 0.2) is 0 Å². The largest absolute Gasteiger partial charge is 0.490 e. The van der Waals surface area contributed by atoms with Crippen molar-refractivity contribution in [2.24, 2.45) is 5.10 Å². The van der Waals surface area contributed by atoms with Gasteiger partial charge in [-0.15, -0.1) is 0 Å². The smallest absolute Gasteiger partial charge is 0.329 e. The molecule has 0 unspecified atom stereocenters. The van der Waals surface area contributed by atoms with Crippen molar-refractivity contribution in [3.05, 3.63) is 42.5 Å². The summed E-state index contributed by atoms with van der Waals surface area (Å²) in [6.07, 6.45) is 6.16. The molecule has 1 fully saturated rings. The molecule has 6 heteroatoms. The Hall–Kier alpha value is -2.63. The lowest BCUT2D eigenvalue weighted by Crippen LogP contribution is -2.43. The zero-order chi connectivity index (χ0) is 16.5. The van der Waals surface area contributed by atoms with Gasteiger partial charge >= 0.3 is 11.8 Å². The van der Waals surface area contributed by atoms with Gasteiger partial charge in [0.2, 0.25) is 0 Å². The Balaban J connectivity index is 1.81. The fraction of sp³-hybridized carbons (Fsp3) is 0.353. The average Bonchev–Trinajstić information content (AvgIpc) is 2.61. The predicted molar refractivity (Wildman–Crippen MR) is 88.3 cm³/mol. The van der Waals surface area contributed by atoms with E-state index in [4.69, 9.17) is 4.74 Å². The summed E-state index contributed by atoms with van der Waals surface area (Å²) >= 11 is 0. The lowest BCUT2D eigenvalue weighted by molar-refractivity contribution is -0.146. The molecule has 0 aromatic heterocycles. The molecule has 1 aliphatic heterocycles. The van der Waals surface area contributed by atoms with Crippen molar-refractivity contribution >= 4 is 18.0 Å². The zero-order valence-electron chi connectivity index (χ0n) is 13.0. The summed E-state index contributed by atoms with van der Waals surface area (Å²) in [5, 5.41) is 3.82. The van der Waals surface area contributed by atoms with Crippen LogP contribution in [0.15, 0.2) is 42.0 Å². The summed E-state index contributed by atoms with van der Waals surface area (Å²) in [5.41, 5.74) is 3.07. The molecule has 1 saturated heterocycles. The van der Waals surface area contributed by atoms with Crippen LogP contribution in [0.5, 0.6) is 5.75 Å². The van der Waals surface area contributed by atoms with Crippen LogP contribution in [0.1, 0.15) is 24.8 Å². The van der Waals surface area contributed by atoms with Gasteiger partial charge in [-0.05, 0) is 49.1 Å². The number of nitrogens with zero attached hydrogens (tertiary/aromatic N) is 2. The molecule has 1 heterocycles. The topological polar surface area (TPSA) is 71.0 Å². The van der Waals surface area contributed by atoms with Crippen molar-refractivity contribution in [1.29, 1.82) is 0 Å². The van der Waals surface area contributed by atoms with E-state index in [0.29, 0.717) is 19.7 Å². The minimum absolute atomic E-state index is 0.447. The molecule has 6 nitrogen and oxygen atoms in total. The van der Waals surface area contributed by atoms with Crippen molar-refractivity contribution in [3.63, 3.8) is 0 Å². The van der Waals surface area contributed by atoms with Gasteiger partial charge in [-0.1, -0.05) is 12.7 Å². The predicted octanol–water partition coefficient (Wildman–Crippen LogP) is 1.71. The molecule has 0 radical (unpaired) electrons. The van der Waals surface area contributed by atoms with Gasteiger partial charge in [0, 0.05) is 13.1 Å². The van der Waals surface area contributed by atoms with Gasteiger partial charge in [0.1, 0.15) is 12.4 Å². The maximum atomic E-state index is 11.9. The van der Waals surface area contributed by atoms with Gasteiger partial charge in [0.25, 0.3) is 0 Å². The third-order valence-electron chi connectivity index (χ3n) is 3.47. The van der Waals surface area contributed by atoms with Gasteiger partial charge in [-0.25, -0.2) is 5.43 Å². The fourth-order valence-electron chi connectivity index (χ4n) is 2.26. The summed E-state index contributed by atoms with van der Waals surface area (Å²) in [6, 6.07) is 7.21. The third kappa shape index (κ3) is 5.25. The Morgan fingerprint density at radius 3 is 2.57 bits per heavy atom. The summed E-state index contributed by atoms with van der Waals surface area (Å²) < 4.78 is 5.37. The molecule has 23 heavy (non-hydrogen) atoms. The van der Waals surface area contributed by atoms with Crippen molar-refractivity contribution in [3.8, 4) is 5.75 Å². The number of amides is 2. The molecule has 1 aromatic carbocycles. The van der Waals surface area contributed by atoms with E-state index in [0.717, 1.165) is 30.6 Å². The molecule has 122 valence electrons. The van der Waals surface area contributed by atoms with Crippen LogP contribution in [0.4, 0.5) is 0 Å². The van der Waals surface area contributed by atoms with Crippen molar-refractivity contribution < 1.29 is 14.3 Å². The first-order valence-electron chi connectivity index (χ1n) is 7.67. The molecule has 1 aromatic rings. The Morgan fingerprint density at radius 1 is 1.22 bits per heavy atom. The molecular weight excluding hydrogens is 294 g/mol. The van der Waals surface area contributed by atoms with E-state index in [2.05, 4.69) is 17.1 Å². The number of likely N-dealkylation sites (tertiary alicyclic amines) is 1. The number of piperidine rings is 1. The number of ether oxygens (including phenoxy) is 1. The molecule has 2 rings (SSSR count). The van der Waals surface area contributed by atoms with E-state index >= 15 is 0 Å². The zero-order valence-corrected chi connectivity index (χ0v) is 13.0. The maximum absolute atomic E-state index is 11.9. The number of carbonyl (C=O) groups excluding carboxylic acids is 2. The first-order chi connectivity index (χ1) is 11.2. The van der Waals surface area contributed by atoms with Crippen LogP contribution in [0.2, 0.25) is 0 Å². The standard InChI is InChI=1S/C17H21N3O3/c1-2-12-23-15-8-6-14(7-9-15)13-18-19-16(21)17(22)20-10-4-3-5-11-20/h2,6-9,13H,1,3-5,10-12H2,(H,19,21)/b18-13-. The van der Waals surface area contributed by atoms with Crippen LogP contribution >= 0.6 is 0 Å². The van der Waals surface area contributed by atoms with E-state index in [-0.39, 0.29) is 0 Å². The van der Waals surface area contributed by atoms with E-state index < -0.39 is 11.8 Å². The number of hydrogen-bond donors (Lipinski definition) is 1. The Kier molecular flexibility index (Phi) is 6.35. The van der Waals surface area contributed by atoms with Crippen molar-refractivity contribution in [1.82, 2.24) is 10.3 Å². The normalized spacial score (nSPS) is 14.5. The molecule has 0 saturated carbocycles. The number of carbonyl (C=O) groups is 2. The summed E-state index contributed by atoms with van der Waals surface area (Å²) in [4.78, 5) is 25.2. The number of hydrogen-bond acceptors (Lipinski definition) is 4. The molecule has 2 amide bonds. The molecule has 0 atom stereocenters. The first kappa shape index (κ1) is 16.7. The monoisotopic (exact) mass is 315 g/mol. The molecule has 0 bridgehead atoms. The van der Waals surface area contributed by atoms with Crippen LogP contribution in [0, 0.1) is 0 Å². The van der Waals surface area contributed by atoms with E-state index in [1.165, 1.54) is 6.21 Å². The molecule has 1 N–H and O–H groups in total.